The molecule has 90 valence electrons. The Morgan fingerprint density at radius 1 is 1.20 bits per heavy atom. The van der Waals surface area contributed by atoms with Crippen molar-refractivity contribution in [2.24, 2.45) is 0 Å². The van der Waals surface area contributed by atoms with Gasteiger partial charge in [-0.3, -0.25) is 4.90 Å². The minimum absolute atomic E-state index is 0.329. The molecule has 1 rings (SSSR count). The largest absolute Gasteiger partial charge is 0.392 e. The molecule has 0 saturated heterocycles. The van der Waals surface area contributed by atoms with Crippen molar-refractivity contribution in [1.82, 2.24) is 10.2 Å². The van der Waals surface area contributed by atoms with Gasteiger partial charge in [-0.05, 0) is 26.7 Å². The van der Waals surface area contributed by atoms with Crippen molar-refractivity contribution >= 4 is 0 Å². The standard InChI is InChI=1S/C11H24N2O2/c1-9(14)7-13(8-10(2)15)6-5-12-11-3-4-11/h9-12,14-15H,3-8H2,1-2H3. The smallest absolute Gasteiger partial charge is 0.0639 e. The number of nitrogens with one attached hydrogen (secondary N) is 1. The Kier molecular flexibility index (Phi) is 5.53. The molecule has 0 aromatic heterocycles. The van der Waals surface area contributed by atoms with Gasteiger partial charge in [0.2, 0.25) is 0 Å². The molecule has 1 aliphatic carbocycles. The molecule has 0 radical (unpaired) electrons. The third kappa shape index (κ3) is 6.84. The first-order chi connectivity index (χ1) is 7.08. The van der Waals surface area contributed by atoms with Gasteiger partial charge in [-0.25, -0.2) is 0 Å². The summed E-state index contributed by atoms with van der Waals surface area (Å²) in [5, 5.41) is 22.1. The van der Waals surface area contributed by atoms with Gasteiger partial charge >= 0.3 is 0 Å². The van der Waals surface area contributed by atoms with Crippen molar-refractivity contribution in [3.8, 4) is 0 Å². The van der Waals surface area contributed by atoms with Crippen molar-refractivity contribution in [2.45, 2.75) is 44.9 Å². The van der Waals surface area contributed by atoms with E-state index in [0.29, 0.717) is 13.1 Å². The molecule has 3 N–H and O–H groups in total. The molecule has 0 aromatic rings. The maximum atomic E-state index is 9.31. The second-order valence-corrected chi connectivity index (χ2v) is 4.69. The number of hydrogen-bond acceptors (Lipinski definition) is 4. The molecule has 4 nitrogen and oxygen atoms in total. The fourth-order valence-electron chi connectivity index (χ4n) is 1.72. The summed E-state index contributed by atoms with van der Waals surface area (Å²) >= 11 is 0. The normalized spacial score (nSPS) is 20.6. The number of aliphatic hydroxyl groups is 2. The Labute approximate surface area is 92.3 Å². The van der Waals surface area contributed by atoms with Crippen LogP contribution in [0.4, 0.5) is 0 Å². The minimum atomic E-state index is -0.329. The lowest BCUT2D eigenvalue weighted by Crippen LogP contribution is -2.40. The lowest BCUT2D eigenvalue weighted by atomic mass is 10.3. The molecule has 2 unspecified atom stereocenters. The predicted molar refractivity (Wildman–Crippen MR) is 60.8 cm³/mol. The molecule has 1 saturated carbocycles. The van der Waals surface area contributed by atoms with Crippen LogP contribution in [0.2, 0.25) is 0 Å². The maximum absolute atomic E-state index is 9.31. The van der Waals surface area contributed by atoms with Crippen LogP contribution in [-0.4, -0.2) is 59.5 Å². The fourth-order valence-corrected chi connectivity index (χ4v) is 1.72. The summed E-state index contributed by atoms with van der Waals surface area (Å²) < 4.78 is 0. The number of rotatable bonds is 8. The topological polar surface area (TPSA) is 55.7 Å². The highest BCUT2D eigenvalue weighted by atomic mass is 16.3. The Hall–Kier alpha value is -0.160. The molecule has 0 amide bonds. The lowest BCUT2D eigenvalue weighted by Gasteiger charge is -2.25. The molecule has 4 heteroatoms. The average molecular weight is 216 g/mol. The van der Waals surface area contributed by atoms with Gasteiger partial charge < -0.3 is 15.5 Å². The average Bonchev–Trinajstić information content (AvgIpc) is 2.85. The fraction of sp³-hybridized carbons (Fsp3) is 1.00. The third-order valence-electron chi connectivity index (χ3n) is 2.48. The van der Waals surface area contributed by atoms with Crippen LogP contribution in [0.5, 0.6) is 0 Å². The van der Waals surface area contributed by atoms with E-state index in [9.17, 15) is 10.2 Å². The summed E-state index contributed by atoms with van der Waals surface area (Å²) in [5.74, 6) is 0. The summed E-state index contributed by atoms with van der Waals surface area (Å²) in [5.41, 5.74) is 0. The van der Waals surface area contributed by atoms with Crippen LogP contribution in [-0.2, 0) is 0 Å². The molecule has 15 heavy (non-hydrogen) atoms. The highest BCUT2D eigenvalue weighted by Gasteiger charge is 2.20. The summed E-state index contributed by atoms with van der Waals surface area (Å²) in [6.45, 7) is 6.68. The van der Waals surface area contributed by atoms with Crippen molar-refractivity contribution in [3.05, 3.63) is 0 Å². The molecule has 1 aliphatic rings. The van der Waals surface area contributed by atoms with Crippen LogP contribution in [0.1, 0.15) is 26.7 Å². The maximum Gasteiger partial charge on any atom is 0.0639 e. The van der Waals surface area contributed by atoms with Crippen LogP contribution >= 0.6 is 0 Å². The van der Waals surface area contributed by atoms with Gasteiger partial charge in [0.15, 0.2) is 0 Å². The molecular weight excluding hydrogens is 192 g/mol. The first kappa shape index (κ1) is 12.9. The molecule has 0 aliphatic heterocycles. The lowest BCUT2D eigenvalue weighted by molar-refractivity contribution is 0.0841. The summed E-state index contributed by atoms with van der Waals surface area (Å²) in [4.78, 5) is 2.10. The van der Waals surface area contributed by atoms with Gasteiger partial charge in [-0.1, -0.05) is 0 Å². The van der Waals surface area contributed by atoms with E-state index >= 15 is 0 Å². The second-order valence-electron chi connectivity index (χ2n) is 4.69. The molecule has 0 aromatic carbocycles. The van der Waals surface area contributed by atoms with Crippen LogP contribution in [0.15, 0.2) is 0 Å². The second kappa shape index (κ2) is 6.43. The molecule has 0 spiro atoms. The zero-order valence-electron chi connectivity index (χ0n) is 9.82. The van der Waals surface area contributed by atoms with E-state index in [1.54, 1.807) is 13.8 Å². The van der Waals surface area contributed by atoms with Gasteiger partial charge in [-0.15, -0.1) is 0 Å². The van der Waals surface area contributed by atoms with Crippen molar-refractivity contribution in [1.29, 1.82) is 0 Å². The first-order valence-electron chi connectivity index (χ1n) is 5.90. The van der Waals surface area contributed by atoms with Crippen molar-refractivity contribution in [2.75, 3.05) is 26.2 Å². The number of hydrogen-bond donors (Lipinski definition) is 3. The quantitative estimate of drug-likeness (QED) is 0.526. The minimum Gasteiger partial charge on any atom is -0.392 e. The number of nitrogens with zero attached hydrogens (tertiary/aromatic N) is 1. The molecule has 0 heterocycles. The van der Waals surface area contributed by atoms with Gasteiger partial charge in [0.25, 0.3) is 0 Å². The zero-order valence-corrected chi connectivity index (χ0v) is 9.82. The summed E-state index contributed by atoms with van der Waals surface area (Å²) in [7, 11) is 0. The van der Waals surface area contributed by atoms with E-state index in [0.717, 1.165) is 19.1 Å². The van der Waals surface area contributed by atoms with E-state index in [2.05, 4.69) is 10.2 Å². The molecule has 1 fully saturated rings. The Bertz CT molecular complexity index is 160. The van der Waals surface area contributed by atoms with Crippen LogP contribution in [0, 0.1) is 0 Å². The van der Waals surface area contributed by atoms with Gasteiger partial charge in [-0.2, -0.15) is 0 Å². The van der Waals surface area contributed by atoms with Crippen molar-refractivity contribution < 1.29 is 10.2 Å². The van der Waals surface area contributed by atoms with E-state index in [1.165, 1.54) is 12.8 Å². The Morgan fingerprint density at radius 3 is 2.13 bits per heavy atom. The predicted octanol–water partition coefficient (Wildman–Crippen LogP) is -0.198. The van der Waals surface area contributed by atoms with Gasteiger partial charge in [0, 0.05) is 32.2 Å². The van der Waals surface area contributed by atoms with Crippen LogP contribution < -0.4 is 5.32 Å². The van der Waals surface area contributed by atoms with E-state index in [4.69, 9.17) is 0 Å². The zero-order chi connectivity index (χ0) is 11.3. The monoisotopic (exact) mass is 216 g/mol. The van der Waals surface area contributed by atoms with Gasteiger partial charge in [0.1, 0.15) is 0 Å². The molecule has 0 bridgehead atoms. The molecular formula is C11H24N2O2. The summed E-state index contributed by atoms with van der Waals surface area (Å²) in [6, 6.07) is 0.727. The van der Waals surface area contributed by atoms with Crippen LogP contribution in [0.3, 0.4) is 0 Å². The molecule has 2 atom stereocenters. The summed E-state index contributed by atoms with van der Waals surface area (Å²) in [6.07, 6.45) is 1.94. The van der Waals surface area contributed by atoms with E-state index < -0.39 is 0 Å². The highest BCUT2D eigenvalue weighted by Crippen LogP contribution is 2.17. The highest BCUT2D eigenvalue weighted by molar-refractivity contribution is 4.81. The van der Waals surface area contributed by atoms with Crippen molar-refractivity contribution in [3.63, 3.8) is 0 Å². The van der Waals surface area contributed by atoms with E-state index in [-0.39, 0.29) is 12.2 Å². The van der Waals surface area contributed by atoms with Crippen LogP contribution in [0.25, 0.3) is 0 Å². The van der Waals surface area contributed by atoms with Gasteiger partial charge in [0.05, 0.1) is 12.2 Å². The third-order valence-corrected chi connectivity index (χ3v) is 2.48. The Balaban J connectivity index is 2.13. The first-order valence-corrected chi connectivity index (χ1v) is 5.90. The number of aliphatic hydroxyl groups excluding tert-OH is 2. The Morgan fingerprint density at radius 2 is 1.73 bits per heavy atom. The SMILES string of the molecule is CC(O)CN(CCNC1CC1)CC(C)O. The van der Waals surface area contributed by atoms with E-state index in [1.807, 2.05) is 0 Å².